The van der Waals surface area contributed by atoms with E-state index >= 15 is 0 Å². The van der Waals surface area contributed by atoms with E-state index in [1.54, 1.807) is 0 Å². The molecule has 3 rings (SSSR count). The summed E-state index contributed by atoms with van der Waals surface area (Å²) < 4.78 is 5.41. The van der Waals surface area contributed by atoms with Crippen molar-refractivity contribution in [1.82, 2.24) is 9.88 Å². The first-order valence-electron chi connectivity index (χ1n) is 7.75. The second-order valence-electron chi connectivity index (χ2n) is 5.99. The van der Waals surface area contributed by atoms with Crippen molar-refractivity contribution in [2.45, 2.75) is 32.2 Å². The molecule has 110 valence electrons. The van der Waals surface area contributed by atoms with Crippen LogP contribution in [0.2, 0.25) is 0 Å². The lowest BCUT2D eigenvalue weighted by molar-refractivity contribution is 0.122. The third-order valence-electron chi connectivity index (χ3n) is 4.60. The Bertz CT molecular complexity index is 457. The summed E-state index contributed by atoms with van der Waals surface area (Å²) in [6.07, 6.45) is 6.02. The molecule has 0 aliphatic carbocycles. The SMILES string of the molecule is Cc1cc(N2CCOCC2)ncc1[C@H]1CCCCN1C. The molecule has 0 radical (unpaired) electrons. The average Bonchev–Trinajstić information content (AvgIpc) is 2.49. The average molecular weight is 275 g/mol. The Morgan fingerprint density at radius 1 is 1.20 bits per heavy atom. The van der Waals surface area contributed by atoms with Crippen molar-refractivity contribution < 1.29 is 4.74 Å². The Balaban J connectivity index is 1.79. The van der Waals surface area contributed by atoms with Gasteiger partial charge in [0.1, 0.15) is 5.82 Å². The molecule has 1 aromatic rings. The molecule has 2 aliphatic heterocycles. The lowest BCUT2D eigenvalue weighted by atomic mass is 9.94. The summed E-state index contributed by atoms with van der Waals surface area (Å²) in [7, 11) is 2.24. The van der Waals surface area contributed by atoms with Gasteiger partial charge in [-0.05, 0) is 50.6 Å². The van der Waals surface area contributed by atoms with Crippen molar-refractivity contribution >= 4 is 5.82 Å². The minimum Gasteiger partial charge on any atom is -0.378 e. The van der Waals surface area contributed by atoms with Gasteiger partial charge in [-0.15, -0.1) is 0 Å². The Morgan fingerprint density at radius 3 is 2.70 bits per heavy atom. The molecule has 0 aromatic carbocycles. The molecule has 0 N–H and O–H groups in total. The summed E-state index contributed by atoms with van der Waals surface area (Å²) in [6.45, 7) is 6.96. The van der Waals surface area contributed by atoms with Gasteiger partial charge in [0.05, 0.1) is 13.2 Å². The van der Waals surface area contributed by atoms with Crippen LogP contribution in [0, 0.1) is 6.92 Å². The van der Waals surface area contributed by atoms with E-state index < -0.39 is 0 Å². The van der Waals surface area contributed by atoms with Gasteiger partial charge in [-0.3, -0.25) is 4.90 Å². The lowest BCUT2D eigenvalue weighted by Gasteiger charge is -2.34. The number of likely N-dealkylation sites (tertiary alicyclic amines) is 1. The fourth-order valence-electron chi connectivity index (χ4n) is 3.33. The minimum absolute atomic E-state index is 0.551. The van der Waals surface area contributed by atoms with E-state index in [2.05, 4.69) is 36.0 Å². The molecule has 2 fully saturated rings. The molecule has 0 bridgehead atoms. The van der Waals surface area contributed by atoms with Crippen LogP contribution in [0.5, 0.6) is 0 Å². The van der Waals surface area contributed by atoms with Crippen LogP contribution in [0.4, 0.5) is 5.82 Å². The topological polar surface area (TPSA) is 28.6 Å². The third-order valence-corrected chi connectivity index (χ3v) is 4.60. The van der Waals surface area contributed by atoms with Crippen LogP contribution in [0.1, 0.15) is 36.4 Å². The molecule has 2 saturated heterocycles. The van der Waals surface area contributed by atoms with Crippen molar-refractivity contribution in [2.24, 2.45) is 0 Å². The zero-order valence-corrected chi connectivity index (χ0v) is 12.6. The Labute approximate surface area is 121 Å². The molecule has 1 atom stereocenters. The van der Waals surface area contributed by atoms with Gasteiger partial charge in [-0.25, -0.2) is 4.98 Å². The summed E-state index contributed by atoms with van der Waals surface area (Å²) in [6, 6.07) is 2.80. The summed E-state index contributed by atoms with van der Waals surface area (Å²) in [5, 5.41) is 0. The number of rotatable bonds is 2. The van der Waals surface area contributed by atoms with Crippen LogP contribution in [0.15, 0.2) is 12.3 Å². The number of hydrogen-bond acceptors (Lipinski definition) is 4. The molecular weight excluding hydrogens is 250 g/mol. The van der Waals surface area contributed by atoms with E-state index in [4.69, 9.17) is 9.72 Å². The number of piperidine rings is 1. The van der Waals surface area contributed by atoms with Crippen molar-refractivity contribution in [2.75, 3.05) is 44.8 Å². The van der Waals surface area contributed by atoms with Gasteiger partial charge in [0, 0.05) is 25.3 Å². The van der Waals surface area contributed by atoms with Crippen LogP contribution in [0.3, 0.4) is 0 Å². The van der Waals surface area contributed by atoms with Gasteiger partial charge in [-0.1, -0.05) is 6.42 Å². The predicted molar refractivity (Wildman–Crippen MR) is 81.2 cm³/mol. The maximum absolute atomic E-state index is 5.41. The maximum atomic E-state index is 5.41. The fourth-order valence-corrected chi connectivity index (χ4v) is 3.33. The van der Waals surface area contributed by atoms with Crippen molar-refractivity contribution in [3.8, 4) is 0 Å². The highest BCUT2D eigenvalue weighted by molar-refractivity contribution is 5.44. The van der Waals surface area contributed by atoms with E-state index in [9.17, 15) is 0 Å². The van der Waals surface area contributed by atoms with Crippen molar-refractivity contribution in [1.29, 1.82) is 0 Å². The summed E-state index contributed by atoms with van der Waals surface area (Å²) in [5.41, 5.74) is 2.78. The second kappa shape index (κ2) is 6.10. The number of hydrogen-bond donors (Lipinski definition) is 0. The van der Waals surface area contributed by atoms with Crippen molar-refractivity contribution in [3.63, 3.8) is 0 Å². The van der Waals surface area contributed by atoms with Crippen LogP contribution >= 0.6 is 0 Å². The number of pyridine rings is 1. The maximum Gasteiger partial charge on any atom is 0.128 e. The highest BCUT2D eigenvalue weighted by atomic mass is 16.5. The smallest absolute Gasteiger partial charge is 0.128 e. The Hall–Kier alpha value is -1.13. The first-order valence-corrected chi connectivity index (χ1v) is 7.75. The highest BCUT2D eigenvalue weighted by Crippen LogP contribution is 2.32. The number of anilines is 1. The van der Waals surface area contributed by atoms with Crippen LogP contribution in [-0.2, 0) is 4.74 Å². The van der Waals surface area contributed by atoms with E-state index in [0.29, 0.717) is 6.04 Å². The number of nitrogens with zero attached hydrogens (tertiary/aromatic N) is 3. The molecular formula is C16H25N3O. The Morgan fingerprint density at radius 2 is 2.00 bits per heavy atom. The molecule has 0 spiro atoms. The summed E-state index contributed by atoms with van der Waals surface area (Å²) in [4.78, 5) is 9.51. The zero-order chi connectivity index (χ0) is 13.9. The molecule has 3 heterocycles. The van der Waals surface area contributed by atoms with Gasteiger partial charge in [0.2, 0.25) is 0 Å². The molecule has 4 heteroatoms. The van der Waals surface area contributed by atoms with Crippen LogP contribution < -0.4 is 4.90 Å². The van der Waals surface area contributed by atoms with E-state index in [1.807, 2.05) is 0 Å². The molecule has 0 amide bonds. The number of aromatic nitrogens is 1. The highest BCUT2D eigenvalue weighted by Gasteiger charge is 2.23. The molecule has 2 aliphatic rings. The number of morpholine rings is 1. The van der Waals surface area contributed by atoms with Gasteiger partial charge < -0.3 is 9.64 Å². The standard InChI is InChI=1S/C16H25N3O/c1-13-11-16(19-7-9-20-10-8-19)17-12-14(13)15-5-3-4-6-18(15)2/h11-12,15H,3-10H2,1-2H3/t15-/m1/s1. The number of ether oxygens (including phenoxy) is 1. The summed E-state index contributed by atoms with van der Waals surface area (Å²) in [5.74, 6) is 1.10. The first kappa shape index (κ1) is 13.8. The fraction of sp³-hybridized carbons (Fsp3) is 0.688. The monoisotopic (exact) mass is 275 g/mol. The zero-order valence-electron chi connectivity index (χ0n) is 12.6. The molecule has 1 aromatic heterocycles. The third kappa shape index (κ3) is 2.81. The summed E-state index contributed by atoms with van der Waals surface area (Å²) >= 11 is 0. The second-order valence-corrected chi connectivity index (χ2v) is 5.99. The molecule has 20 heavy (non-hydrogen) atoms. The predicted octanol–water partition coefficient (Wildman–Crippen LogP) is 2.38. The van der Waals surface area contributed by atoms with Crippen molar-refractivity contribution in [3.05, 3.63) is 23.4 Å². The minimum atomic E-state index is 0.551. The molecule has 0 unspecified atom stereocenters. The first-order chi connectivity index (χ1) is 9.75. The van der Waals surface area contributed by atoms with E-state index in [-0.39, 0.29) is 0 Å². The molecule has 0 saturated carbocycles. The normalized spacial score (nSPS) is 24.9. The van der Waals surface area contributed by atoms with E-state index in [0.717, 1.165) is 32.1 Å². The quantitative estimate of drug-likeness (QED) is 0.828. The largest absolute Gasteiger partial charge is 0.378 e. The van der Waals surface area contributed by atoms with Gasteiger partial charge in [0.15, 0.2) is 0 Å². The van der Waals surface area contributed by atoms with E-state index in [1.165, 1.54) is 36.9 Å². The van der Waals surface area contributed by atoms with Crippen LogP contribution in [0.25, 0.3) is 0 Å². The number of aryl methyl sites for hydroxylation is 1. The van der Waals surface area contributed by atoms with Gasteiger partial charge >= 0.3 is 0 Å². The van der Waals surface area contributed by atoms with Gasteiger partial charge in [-0.2, -0.15) is 0 Å². The molecule has 4 nitrogen and oxygen atoms in total. The van der Waals surface area contributed by atoms with Crippen LogP contribution in [-0.4, -0.2) is 49.8 Å². The van der Waals surface area contributed by atoms with Gasteiger partial charge in [0.25, 0.3) is 0 Å². The Kier molecular flexibility index (Phi) is 4.22. The lowest BCUT2D eigenvalue weighted by Crippen LogP contribution is -2.37.